The van der Waals surface area contributed by atoms with Crippen LogP contribution in [-0.2, 0) is 14.3 Å². The first-order valence-electron chi connectivity index (χ1n) is 7.38. The van der Waals surface area contributed by atoms with Crippen LogP contribution in [0.2, 0.25) is 0 Å². The summed E-state index contributed by atoms with van der Waals surface area (Å²) < 4.78 is 11.1. The fraction of sp³-hybridized carbons (Fsp3) is 0.929. The van der Waals surface area contributed by atoms with Gasteiger partial charge in [-0.25, -0.2) is 0 Å². The minimum absolute atomic E-state index is 0.0952. The lowest BCUT2D eigenvalue weighted by atomic mass is 10.3. The van der Waals surface area contributed by atoms with Crippen molar-refractivity contribution in [3.63, 3.8) is 0 Å². The first-order valence-corrected chi connectivity index (χ1v) is 7.38. The molecule has 0 aromatic heterocycles. The Balaban J connectivity index is 2.30. The molecular formula is C14H28N2O3. The van der Waals surface area contributed by atoms with Crippen molar-refractivity contribution >= 4 is 5.91 Å². The summed E-state index contributed by atoms with van der Waals surface area (Å²) in [5.74, 6) is 0.184. The number of ether oxygens (including phenoxy) is 2. The Morgan fingerprint density at radius 1 is 1.11 bits per heavy atom. The van der Waals surface area contributed by atoms with E-state index in [9.17, 15) is 4.79 Å². The number of carbonyl (C=O) groups excluding carboxylic acids is 1. The highest BCUT2D eigenvalue weighted by Crippen LogP contribution is 2.07. The highest BCUT2D eigenvalue weighted by Gasteiger charge is 2.17. The molecule has 1 saturated heterocycles. The van der Waals surface area contributed by atoms with Crippen LogP contribution in [0.3, 0.4) is 0 Å². The Labute approximate surface area is 116 Å². The van der Waals surface area contributed by atoms with Crippen LogP contribution in [0.4, 0.5) is 0 Å². The minimum Gasteiger partial charge on any atom is -0.353 e. The monoisotopic (exact) mass is 272 g/mol. The zero-order valence-electron chi connectivity index (χ0n) is 12.6. The molecule has 1 rings (SSSR count). The van der Waals surface area contributed by atoms with Crippen LogP contribution in [-0.4, -0.2) is 67.9 Å². The lowest BCUT2D eigenvalue weighted by molar-refractivity contribution is -0.141. The predicted octanol–water partition coefficient (Wildman–Crippen LogP) is 1.33. The second-order valence-corrected chi connectivity index (χ2v) is 4.83. The molecule has 1 heterocycles. The van der Waals surface area contributed by atoms with Gasteiger partial charge in [0.1, 0.15) is 0 Å². The molecule has 0 bridgehead atoms. The molecule has 1 amide bonds. The summed E-state index contributed by atoms with van der Waals surface area (Å²) in [4.78, 5) is 15.7. The molecule has 5 heteroatoms. The van der Waals surface area contributed by atoms with Crippen molar-refractivity contribution in [3.05, 3.63) is 0 Å². The second kappa shape index (κ2) is 9.28. The molecule has 112 valence electrons. The van der Waals surface area contributed by atoms with Crippen LogP contribution >= 0.6 is 0 Å². The molecule has 0 radical (unpaired) electrons. The van der Waals surface area contributed by atoms with E-state index in [1.54, 1.807) is 6.92 Å². The zero-order chi connectivity index (χ0) is 14.1. The van der Waals surface area contributed by atoms with Crippen LogP contribution < -0.4 is 0 Å². The van der Waals surface area contributed by atoms with E-state index in [1.165, 1.54) is 0 Å². The average molecular weight is 272 g/mol. The van der Waals surface area contributed by atoms with Crippen molar-refractivity contribution in [2.24, 2.45) is 0 Å². The second-order valence-electron chi connectivity index (χ2n) is 4.83. The van der Waals surface area contributed by atoms with Crippen molar-refractivity contribution in [3.8, 4) is 0 Å². The Morgan fingerprint density at radius 2 is 1.79 bits per heavy atom. The van der Waals surface area contributed by atoms with Gasteiger partial charge in [-0.1, -0.05) is 0 Å². The largest absolute Gasteiger partial charge is 0.353 e. The summed E-state index contributed by atoms with van der Waals surface area (Å²) in [6.07, 6.45) is 1.84. The Kier molecular flexibility index (Phi) is 8.02. The predicted molar refractivity (Wildman–Crippen MR) is 75.0 cm³/mol. The fourth-order valence-corrected chi connectivity index (χ4v) is 2.38. The van der Waals surface area contributed by atoms with Gasteiger partial charge in [-0.15, -0.1) is 0 Å². The standard InChI is InChI=1S/C14H28N2O3/c1-4-18-14(19-5-2)7-10-15-8-6-9-16(12-11-15)13(3)17/h14H,4-12H2,1-3H3. The number of carbonyl (C=O) groups is 1. The molecule has 0 N–H and O–H groups in total. The van der Waals surface area contributed by atoms with Gasteiger partial charge in [-0.05, 0) is 26.8 Å². The number of amides is 1. The summed E-state index contributed by atoms with van der Waals surface area (Å²) in [6, 6.07) is 0. The van der Waals surface area contributed by atoms with E-state index in [1.807, 2.05) is 18.7 Å². The van der Waals surface area contributed by atoms with E-state index < -0.39 is 0 Å². The highest BCUT2D eigenvalue weighted by atomic mass is 16.7. The lowest BCUT2D eigenvalue weighted by Gasteiger charge is -2.23. The van der Waals surface area contributed by atoms with Crippen molar-refractivity contribution in [1.29, 1.82) is 0 Å². The zero-order valence-corrected chi connectivity index (χ0v) is 12.6. The molecule has 0 aromatic rings. The quantitative estimate of drug-likeness (QED) is 0.656. The van der Waals surface area contributed by atoms with Gasteiger partial charge >= 0.3 is 0 Å². The molecule has 19 heavy (non-hydrogen) atoms. The van der Waals surface area contributed by atoms with Gasteiger partial charge in [0.25, 0.3) is 0 Å². The van der Waals surface area contributed by atoms with Crippen molar-refractivity contribution in [2.75, 3.05) is 45.9 Å². The Bertz CT molecular complexity index is 255. The third kappa shape index (κ3) is 6.36. The third-order valence-electron chi connectivity index (χ3n) is 3.42. The van der Waals surface area contributed by atoms with E-state index in [2.05, 4.69) is 4.90 Å². The van der Waals surface area contributed by atoms with Crippen LogP contribution in [0.1, 0.15) is 33.6 Å². The van der Waals surface area contributed by atoms with Gasteiger partial charge in [0.05, 0.1) is 0 Å². The van der Waals surface area contributed by atoms with Gasteiger partial charge < -0.3 is 19.3 Å². The molecule has 0 unspecified atom stereocenters. The van der Waals surface area contributed by atoms with Crippen LogP contribution in [0.15, 0.2) is 0 Å². The number of hydrogen-bond donors (Lipinski definition) is 0. The molecule has 1 aliphatic heterocycles. The first-order chi connectivity index (χ1) is 9.17. The Hall–Kier alpha value is -0.650. The Morgan fingerprint density at radius 3 is 2.37 bits per heavy atom. The van der Waals surface area contributed by atoms with E-state index in [0.717, 1.165) is 45.6 Å². The van der Waals surface area contributed by atoms with Gasteiger partial charge in [0.2, 0.25) is 5.91 Å². The minimum atomic E-state index is -0.0952. The third-order valence-corrected chi connectivity index (χ3v) is 3.42. The van der Waals surface area contributed by atoms with Gasteiger partial charge in [-0.3, -0.25) is 4.79 Å². The molecule has 1 fully saturated rings. The van der Waals surface area contributed by atoms with Gasteiger partial charge in [0, 0.05) is 52.7 Å². The van der Waals surface area contributed by atoms with E-state index >= 15 is 0 Å². The SMILES string of the molecule is CCOC(CCN1CCCN(C(C)=O)CC1)OCC. The number of rotatable bonds is 7. The number of nitrogens with zero attached hydrogens (tertiary/aromatic N) is 2. The summed E-state index contributed by atoms with van der Waals surface area (Å²) >= 11 is 0. The lowest BCUT2D eigenvalue weighted by Crippen LogP contribution is -2.35. The van der Waals surface area contributed by atoms with E-state index in [0.29, 0.717) is 13.2 Å². The topological polar surface area (TPSA) is 42.0 Å². The van der Waals surface area contributed by atoms with Gasteiger partial charge in [0.15, 0.2) is 6.29 Å². The van der Waals surface area contributed by atoms with Crippen molar-refractivity contribution in [2.45, 2.75) is 39.9 Å². The highest BCUT2D eigenvalue weighted by molar-refractivity contribution is 5.73. The van der Waals surface area contributed by atoms with Crippen LogP contribution in [0, 0.1) is 0 Å². The smallest absolute Gasteiger partial charge is 0.219 e. The maximum absolute atomic E-state index is 11.4. The fourth-order valence-electron chi connectivity index (χ4n) is 2.38. The first kappa shape index (κ1) is 16.4. The normalized spacial score (nSPS) is 17.8. The summed E-state index contributed by atoms with van der Waals surface area (Å²) in [5.41, 5.74) is 0. The molecule has 0 saturated carbocycles. The maximum Gasteiger partial charge on any atom is 0.219 e. The molecule has 0 spiro atoms. The molecule has 1 aliphatic rings. The molecule has 5 nitrogen and oxygen atoms in total. The molecule has 0 atom stereocenters. The van der Waals surface area contributed by atoms with Gasteiger partial charge in [-0.2, -0.15) is 0 Å². The molecule has 0 aromatic carbocycles. The molecular weight excluding hydrogens is 244 g/mol. The maximum atomic E-state index is 11.4. The summed E-state index contributed by atoms with van der Waals surface area (Å²) in [7, 11) is 0. The summed E-state index contributed by atoms with van der Waals surface area (Å²) in [5, 5.41) is 0. The number of hydrogen-bond acceptors (Lipinski definition) is 4. The van der Waals surface area contributed by atoms with E-state index in [-0.39, 0.29) is 12.2 Å². The van der Waals surface area contributed by atoms with Crippen molar-refractivity contribution < 1.29 is 14.3 Å². The van der Waals surface area contributed by atoms with Crippen LogP contribution in [0.5, 0.6) is 0 Å². The van der Waals surface area contributed by atoms with Crippen molar-refractivity contribution in [1.82, 2.24) is 9.80 Å². The van der Waals surface area contributed by atoms with Crippen LogP contribution in [0.25, 0.3) is 0 Å². The average Bonchev–Trinajstić information content (AvgIpc) is 2.62. The summed E-state index contributed by atoms with van der Waals surface area (Å²) in [6.45, 7) is 11.7. The molecule has 0 aliphatic carbocycles. The van der Waals surface area contributed by atoms with E-state index in [4.69, 9.17) is 9.47 Å².